The fourth-order valence-electron chi connectivity index (χ4n) is 3.62. The highest BCUT2D eigenvalue weighted by atomic mass is 32.2. The van der Waals surface area contributed by atoms with Crippen molar-refractivity contribution in [2.75, 3.05) is 19.6 Å². The van der Waals surface area contributed by atoms with Crippen molar-refractivity contribution in [2.24, 2.45) is 5.92 Å². The maximum absolute atomic E-state index is 13.9. The standard InChI is InChI=1S/C21H22FN3O3S2/c22-16-5-1-4-8-19(16)30(27,28)25-13-10-15(11-14-25)21(26)23-12-9-20-24-17-6-2-3-7-18(17)29-20/h1-8,15H,9-14H2,(H,23,26). The van der Waals surface area contributed by atoms with Crippen LogP contribution in [0.4, 0.5) is 4.39 Å². The van der Waals surface area contributed by atoms with Crippen molar-refractivity contribution in [1.29, 1.82) is 0 Å². The molecule has 30 heavy (non-hydrogen) atoms. The summed E-state index contributed by atoms with van der Waals surface area (Å²) in [7, 11) is -3.89. The van der Waals surface area contributed by atoms with E-state index < -0.39 is 15.8 Å². The fourth-order valence-corrected chi connectivity index (χ4v) is 6.12. The first kappa shape index (κ1) is 20.9. The van der Waals surface area contributed by atoms with Crippen LogP contribution in [-0.4, -0.2) is 43.2 Å². The highest BCUT2D eigenvalue weighted by Gasteiger charge is 2.33. The Morgan fingerprint density at radius 2 is 1.83 bits per heavy atom. The number of carbonyl (C=O) groups excluding carboxylic acids is 1. The number of nitrogens with zero attached hydrogens (tertiary/aromatic N) is 2. The zero-order chi connectivity index (χ0) is 21.1. The monoisotopic (exact) mass is 447 g/mol. The predicted molar refractivity (Wildman–Crippen MR) is 114 cm³/mol. The van der Waals surface area contributed by atoms with Gasteiger partial charge in [-0.25, -0.2) is 17.8 Å². The van der Waals surface area contributed by atoms with Gasteiger partial charge in [0.05, 0.1) is 15.2 Å². The van der Waals surface area contributed by atoms with Crippen LogP contribution in [-0.2, 0) is 21.2 Å². The van der Waals surface area contributed by atoms with Crippen molar-refractivity contribution in [3.63, 3.8) is 0 Å². The molecule has 1 fully saturated rings. The Hall–Kier alpha value is -2.36. The second-order valence-corrected chi connectivity index (χ2v) is 10.2. The second kappa shape index (κ2) is 8.79. The molecule has 0 atom stereocenters. The number of piperidine rings is 1. The Kier molecular flexibility index (Phi) is 6.12. The number of benzene rings is 2. The highest BCUT2D eigenvalue weighted by molar-refractivity contribution is 7.89. The normalized spacial score (nSPS) is 16.0. The predicted octanol–water partition coefficient (Wildman–Crippen LogP) is 3.20. The van der Waals surface area contributed by atoms with Gasteiger partial charge < -0.3 is 5.32 Å². The quantitative estimate of drug-likeness (QED) is 0.629. The van der Waals surface area contributed by atoms with Gasteiger partial charge in [0.2, 0.25) is 15.9 Å². The number of sulfonamides is 1. The summed E-state index contributed by atoms with van der Waals surface area (Å²) in [6, 6.07) is 13.3. The molecule has 1 aromatic heterocycles. The average Bonchev–Trinajstić information content (AvgIpc) is 3.17. The summed E-state index contributed by atoms with van der Waals surface area (Å²) in [4.78, 5) is 16.7. The maximum atomic E-state index is 13.9. The van der Waals surface area contributed by atoms with Crippen LogP contribution < -0.4 is 5.32 Å². The number of aromatic nitrogens is 1. The first-order valence-electron chi connectivity index (χ1n) is 9.82. The molecule has 2 heterocycles. The van der Waals surface area contributed by atoms with E-state index in [1.165, 1.54) is 22.5 Å². The molecule has 1 saturated heterocycles. The molecule has 1 aliphatic rings. The molecule has 4 rings (SSSR count). The van der Waals surface area contributed by atoms with E-state index >= 15 is 0 Å². The summed E-state index contributed by atoms with van der Waals surface area (Å²) < 4.78 is 41.6. The minimum absolute atomic E-state index is 0.0703. The van der Waals surface area contributed by atoms with E-state index in [-0.39, 0.29) is 29.8 Å². The van der Waals surface area contributed by atoms with Crippen LogP contribution in [0.15, 0.2) is 53.4 Å². The van der Waals surface area contributed by atoms with E-state index in [9.17, 15) is 17.6 Å². The van der Waals surface area contributed by atoms with E-state index in [4.69, 9.17) is 0 Å². The third-order valence-corrected chi connectivity index (χ3v) is 8.28. The summed E-state index contributed by atoms with van der Waals surface area (Å²) in [5.41, 5.74) is 0.965. The zero-order valence-corrected chi connectivity index (χ0v) is 17.9. The molecule has 6 nitrogen and oxygen atoms in total. The number of hydrogen-bond donors (Lipinski definition) is 1. The van der Waals surface area contributed by atoms with Crippen LogP contribution in [0, 0.1) is 11.7 Å². The van der Waals surface area contributed by atoms with Gasteiger partial charge in [-0.2, -0.15) is 4.31 Å². The van der Waals surface area contributed by atoms with Gasteiger partial charge in [-0.1, -0.05) is 24.3 Å². The van der Waals surface area contributed by atoms with Crippen LogP contribution in [0.25, 0.3) is 10.2 Å². The number of amides is 1. The minimum atomic E-state index is -3.89. The number of thiazole rings is 1. The minimum Gasteiger partial charge on any atom is -0.355 e. The number of carbonyl (C=O) groups is 1. The Balaban J connectivity index is 1.28. The SMILES string of the molecule is O=C(NCCc1nc2ccccc2s1)C1CCN(S(=O)(=O)c2ccccc2F)CC1. The highest BCUT2D eigenvalue weighted by Crippen LogP contribution is 2.25. The molecule has 0 spiro atoms. The average molecular weight is 448 g/mol. The first-order chi connectivity index (χ1) is 14.4. The zero-order valence-electron chi connectivity index (χ0n) is 16.3. The molecule has 158 valence electrons. The van der Waals surface area contributed by atoms with Crippen molar-refractivity contribution < 1.29 is 17.6 Å². The molecular formula is C21H22FN3O3S2. The topological polar surface area (TPSA) is 79.4 Å². The Bertz CT molecular complexity index is 1120. The second-order valence-electron chi connectivity index (χ2n) is 7.23. The molecule has 1 amide bonds. The molecular weight excluding hydrogens is 425 g/mol. The van der Waals surface area contributed by atoms with Crippen LogP contribution in [0.2, 0.25) is 0 Å². The van der Waals surface area contributed by atoms with Crippen molar-refractivity contribution in [3.05, 3.63) is 59.4 Å². The molecule has 2 aromatic carbocycles. The molecule has 9 heteroatoms. The lowest BCUT2D eigenvalue weighted by Crippen LogP contribution is -2.43. The summed E-state index contributed by atoms with van der Waals surface area (Å²) in [6.45, 7) is 0.894. The lowest BCUT2D eigenvalue weighted by molar-refractivity contribution is -0.126. The van der Waals surface area contributed by atoms with Gasteiger partial charge in [0.15, 0.2) is 0 Å². The number of rotatable bonds is 6. The van der Waals surface area contributed by atoms with Gasteiger partial charge >= 0.3 is 0 Å². The van der Waals surface area contributed by atoms with Gasteiger partial charge in [-0.05, 0) is 37.1 Å². The summed E-state index contributed by atoms with van der Waals surface area (Å²) >= 11 is 1.62. The number of fused-ring (bicyclic) bond motifs is 1. The lowest BCUT2D eigenvalue weighted by atomic mass is 9.97. The van der Waals surface area contributed by atoms with Crippen LogP contribution in [0.3, 0.4) is 0 Å². The van der Waals surface area contributed by atoms with Gasteiger partial charge in [0.25, 0.3) is 0 Å². The number of hydrogen-bond acceptors (Lipinski definition) is 5. The lowest BCUT2D eigenvalue weighted by Gasteiger charge is -2.30. The van der Waals surface area contributed by atoms with Crippen molar-refractivity contribution in [2.45, 2.75) is 24.2 Å². The summed E-state index contributed by atoms with van der Waals surface area (Å²) in [6.07, 6.45) is 1.49. The van der Waals surface area contributed by atoms with E-state index in [0.29, 0.717) is 25.8 Å². The Labute approximate surface area is 178 Å². The fraction of sp³-hybridized carbons (Fsp3) is 0.333. The summed E-state index contributed by atoms with van der Waals surface area (Å²) in [5.74, 6) is -1.07. The molecule has 1 aliphatic heterocycles. The van der Waals surface area contributed by atoms with Crippen LogP contribution in [0.5, 0.6) is 0 Å². The Morgan fingerprint density at radius 1 is 1.13 bits per heavy atom. The molecule has 3 aromatic rings. The van der Waals surface area contributed by atoms with E-state index in [0.717, 1.165) is 21.3 Å². The number of halogens is 1. The van der Waals surface area contributed by atoms with E-state index in [1.54, 1.807) is 11.3 Å². The van der Waals surface area contributed by atoms with E-state index in [2.05, 4.69) is 10.3 Å². The van der Waals surface area contributed by atoms with Gasteiger partial charge in [0.1, 0.15) is 10.7 Å². The number of nitrogens with one attached hydrogen (secondary N) is 1. The van der Waals surface area contributed by atoms with Crippen molar-refractivity contribution >= 4 is 37.5 Å². The largest absolute Gasteiger partial charge is 0.355 e. The number of para-hydroxylation sites is 1. The van der Waals surface area contributed by atoms with Gasteiger partial charge in [-0.15, -0.1) is 11.3 Å². The Morgan fingerprint density at radius 3 is 2.57 bits per heavy atom. The van der Waals surface area contributed by atoms with Crippen LogP contribution >= 0.6 is 11.3 Å². The van der Waals surface area contributed by atoms with E-state index in [1.807, 2.05) is 24.3 Å². The molecule has 0 bridgehead atoms. The van der Waals surface area contributed by atoms with Gasteiger partial charge in [-0.3, -0.25) is 4.79 Å². The smallest absolute Gasteiger partial charge is 0.245 e. The van der Waals surface area contributed by atoms with Crippen molar-refractivity contribution in [3.8, 4) is 0 Å². The maximum Gasteiger partial charge on any atom is 0.245 e. The third-order valence-electron chi connectivity index (χ3n) is 5.26. The summed E-state index contributed by atoms with van der Waals surface area (Å²) in [5, 5.41) is 3.91. The molecule has 0 radical (unpaired) electrons. The molecule has 0 aliphatic carbocycles. The van der Waals surface area contributed by atoms with Gasteiger partial charge in [0, 0.05) is 32.0 Å². The third kappa shape index (κ3) is 4.38. The van der Waals surface area contributed by atoms with Crippen LogP contribution in [0.1, 0.15) is 17.8 Å². The van der Waals surface area contributed by atoms with Crippen molar-refractivity contribution in [1.82, 2.24) is 14.6 Å². The first-order valence-corrected chi connectivity index (χ1v) is 12.1. The molecule has 0 unspecified atom stereocenters. The molecule has 0 saturated carbocycles. The molecule has 1 N–H and O–H groups in total.